The highest BCUT2D eigenvalue weighted by Crippen LogP contribution is 2.28. The summed E-state index contributed by atoms with van der Waals surface area (Å²) in [7, 11) is 1.57. The Hall–Kier alpha value is -3.67. The van der Waals surface area contributed by atoms with Crippen LogP contribution in [0, 0.1) is 0 Å². The number of amides is 1. The number of carbonyl (C=O) groups excluding carboxylic acids is 3. The monoisotopic (exact) mass is 391 g/mol. The summed E-state index contributed by atoms with van der Waals surface area (Å²) < 4.78 is 10.6. The summed E-state index contributed by atoms with van der Waals surface area (Å²) in [4.78, 5) is 35.9. The van der Waals surface area contributed by atoms with Crippen LogP contribution in [0.5, 0.6) is 5.75 Å². The number of esters is 1. The fourth-order valence-electron chi connectivity index (χ4n) is 2.95. The fraction of sp³-hybridized carbons (Fsp3) is 0.174. The molecular formula is C23H21NO5. The first-order chi connectivity index (χ1) is 14.0. The summed E-state index contributed by atoms with van der Waals surface area (Å²) in [6.07, 6.45) is 0. The third kappa shape index (κ3) is 4.79. The van der Waals surface area contributed by atoms with Crippen LogP contribution in [0.1, 0.15) is 33.2 Å². The van der Waals surface area contributed by atoms with Gasteiger partial charge in [0.25, 0.3) is 0 Å². The van der Waals surface area contributed by atoms with Gasteiger partial charge in [0, 0.05) is 24.4 Å². The molecule has 0 unspecified atom stereocenters. The van der Waals surface area contributed by atoms with E-state index in [1.54, 1.807) is 43.5 Å². The minimum atomic E-state index is -0.570. The molecule has 1 amide bonds. The molecule has 1 N–H and O–H groups in total. The van der Waals surface area contributed by atoms with Gasteiger partial charge < -0.3 is 14.8 Å². The highest BCUT2D eigenvalue weighted by molar-refractivity contribution is 6.07. The SMILES string of the molecule is COc1ccc(C(=O)OCC(=O)c2ccc(CNC(C)=O)cc2)c2ccccc12. The first-order valence-corrected chi connectivity index (χ1v) is 9.09. The van der Waals surface area contributed by atoms with E-state index in [1.807, 2.05) is 24.3 Å². The van der Waals surface area contributed by atoms with Crippen LogP contribution in [0.3, 0.4) is 0 Å². The van der Waals surface area contributed by atoms with Crippen LogP contribution in [0.4, 0.5) is 0 Å². The molecule has 3 aromatic rings. The molecule has 0 saturated carbocycles. The van der Waals surface area contributed by atoms with Gasteiger partial charge in [0.1, 0.15) is 5.75 Å². The molecule has 3 aromatic carbocycles. The molecule has 0 aromatic heterocycles. The number of fused-ring (bicyclic) bond motifs is 1. The summed E-state index contributed by atoms with van der Waals surface area (Å²) in [5, 5.41) is 4.19. The molecule has 0 heterocycles. The van der Waals surface area contributed by atoms with Crippen molar-refractivity contribution in [3.8, 4) is 5.75 Å². The minimum Gasteiger partial charge on any atom is -0.496 e. The van der Waals surface area contributed by atoms with Gasteiger partial charge in [0.2, 0.25) is 5.91 Å². The Kier molecular flexibility index (Phi) is 6.24. The Morgan fingerprint density at radius 3 is 2.24 bits per heavy atom. The number of ketones is 1. The maximum Gasteiger partial charge on any atom is 0.339 e. The van der Waals surface area contributed by atoms with Crippen LogP contribution in [-0.4, -0.2) is 31.4 Å². The molecule has 0 atom stereocenters. The van der Waals surface area contributed by atoms with Crippen molar-refractivity contribution in [2.45, 2.75) is 13.5 Å². The lowest BCUT2D eigenvalue weighted by Crippen LogP contribution is -2.19. The van der Waals surface area contributed by atoms with Crippen molar-refractivity contribution in [3.05, 3.63) is 77.4 Å². The van der Waals surface area contributed by atoms with E-state index in [1.165, 1.54) is 6.92 Å². The molecular weight excluding hydrogens is 370 g/mol. The van der Waals surface area contributed by atoms with Crippen molar-refractivity contribution >= 4 is 28.4 Å². The van der Waals surface area contributed by atoms with Crippen molar-refractivity contribution < 1.29 is 23.9 Å². The molecule has 0 aliphatic carbocycles. The third-order valence-electron chi connectivity index (χ3n) is 4.48. The third-order valence-corrected chi connectivity index (χ3v) is 4.48. The van der Waals surface area contributed by atoms with Crippen LogP contribution < -0.4 is 10.1 Å². The Bertz CT molecular complexity index is 1060. The molecule has 3 rings (SSSR count). The van der Waals surface area contributed by atoms with Crippen molar-refractivity contribution in [2.75, 3.05) is 13.7 Å². The van der Waals surface area contributed by atoms with Crippen molar-refractivity contribution in [1.29, 1.82) is 0 Å². The van der Waals surface area contributed by atoms with E-state index in [0.717, 1.165) is 10.9 Å². The molecule has 0 aliphatic rings. The predicted molar refractivity (Wildman–Crippen MR) is 109 cm³/mol. The average molecular weight is 391 g/mol. The van der Waals surface area contributed by atoms with Gasteiger partial charge in [-0.05, 0) is 23.1 Å². The van der Waals surface area contributed by atoms with E-state index in [9.17, 15) is 14.4 Å². The van der Waals surface area contributed by atoms with Gasteiger partial charge in [0.15, 0.2) is 12.4 Å². The summed E-state index contributed by atoms with van der Waals surface area (Å²) in [6, 6.07) is 17.5. The maximum atomic E-state index is 12.5. The van der Waals surface area contributed by atoms with Crippen molar-refractivity contribution in [1.82, 2.24) is 5.32 Å². The van der Waals surface area contributed by atoms with E-state index in [4.69, 9.17) is 9.47 Å². The molecule has 0 fully saturated rings. The number of hydrogen-bond donors (Lipinski definition) is 1. The molecule has 29 heavy (non-hydrogen) atoms. The van der Waals surface area contributed by atoms with Gasteiger partial charge in [-0.1, -0.05) is 48.5 Å². The lowest BCUT2D eigenvalue weighted by Gasteiger charge is -2.10. The van der Waals surface area contributed by atoms with E-state index >= 15 is 0 Å². The number of nitrogens with one attached hydrogen (secondary N) is 1. The summed E-state index contributed by atoms with van der Waals surface area (Å²) in [6.45, 7) is 1.48. The molecule has 0 spiro atoms. The number of benzene rings is 3. The molecule has 6 nitrogen and oxygen atoms in total. The van der Waals surface area contributed by atoms with E-state index in [0.29, 0.717) is 28.8 Å². The normalized spacial score (nSPS) is 10.4. The van der Waals surface area contributed by atoms with E-state index < -0.39 is 5.97 Å². The Morgan fingerprint density at radius 2 is 1.59 bits per heavy atom. The first-order valence-electron chi connectivity index (χ1n) is 9.09. The van der Waals surface area contributed by atoms with Gasteiger partial charge in [-0.15, -0.1) is 0 Å². The van der Waals surface area contributed by atoms with Crippen molar-refractivity contribution in [3.63, 3.8) is 0 Å². The standard InChI is InChI=1S/C23H21NO5/c1-15(25)24-13-16-7-9-17(10-8-16)21(26)14-29-23(27)20-11-12-22(28-2)19-6-4-3-5-18(19)20/h3-12H,13-14H2,1-2H3,(H,24,25). The van der Waals surface area contributed by atoms with Crippen LogP contribution >= 0.6 is 0 Å². The molecule has 0 aliphatic heterocycles. The molecule has 0 bridgehead atoms. The molecule has 148 valence electrons. The maximum absolute atomic E-state index is 12.5. The lowest BCUT2D eigenvalue weighted by molar-refractivity contribution is -0.119. The van der Waals surface area contributed by atoms with Gasteiger partial charge >= 0.3 is 5.97 Å². The number of hydrogen-bond acceptors (Lipinski definition) is 5. The van der Waals surface area contributed by atoms with Gasteiger partial charge in [-0.2, -0.15) is 0 Å². The second-order valence-electron chi connectivity index (χ2n) is 6.47. The summed E-state index contributed by atoms with van der Waals surface area (Å²) >= 11 is 0. The van der Waals surface area contributed by atoms with Crippen LogP contribution in [0.25, 0.3) is 10.8 Å². The van der Waals surface area contributed by atoms with Crippen LogP contribution in [-0.2, 0) is 16.1 Å². The summed E-state index contributed by atoms with van der Waals surface area (Å²) in [5.41, 5.74) is 1.68. The lowest BCUT2D eigenvalue weighted by atomic mass is 10.0. The zero-order valence-corrected chi connectivity index (χ0v) is 16.2. The van der Waals surface area contributed by atoms with Gasteiger partial charge in [0.05, 0.1) is 12.7 Å². The predicted octanol–water partition coefficient (Wildman–Crippen LogP) is 3.52. The van der Waals surface area contributed by atoms with Crippen LogP contribution in [0.2, 0.25) is 0 Å². The number of rotatable bonds is 7. The topological polar surface area (TPSA) is 81.7 Å². The van der Waals surface area contributed by atoms with Crippen LogP contribution in [0.15, 0.2) is 60.7 Å². The first kappa shape index (κ1) is 20.1. The highest BCUT2D eigenvalue weighted by atomic mass is 16.5. The molecule has 0 radical (unpaired) electrons. The number of carbonyl (C=O) groups is 3. The van der Waals surface area contributed by atoms with Crippen molar-refractivity contribution in [2.24, 2.45) is 0 Å². The van der Waals surface area contributed by atoms with Gasteiger partial charge in [-0.3, -0.25) is 9.59 Å². The second kappa shape index (κ2) is 9.01. The zero-order chi connectivity index (χ0) is 20.8. The number of ether oxygens (including phenoxy) is 2. The largest absolute Gasteiger partial charge is 0.496 e. The minimum absolute atomic E-state index is 0.122. The van der Waals surface area contributed by atoms with Gasteiger partial charge in [-0.25, -0.2) is 4.79 Å². The number of Topliss-reactive ketones (excluding diaryl/α,β-unsaturated/α-hetero) is 1. The highest BCUT2D eigenvalue weighted by Gasteiger charge is 2.16. The second-order valence-corrected chi connectivity index (χ2v) is 6.47. The average Bonchev–Trinajstić information content (AvgIpc) is 2.75. The summed E-state index contributed by atoms with van der Waals surface area (Å²) in [5.74, 6) is -0.336. The molecule has 0 saturated heterocycles. The Labute approximate surface area is 168 Å². The fourth-order valence-corrected chi connectivity index (χ4v) is 2.95. The molecule has 6 heteroatoms. The number of methoxy groups -OCH3 is 1. The zero-order valence-electron chi connectivity index (χ0n) is 16.2. The Balaban J connectivity index is 1.67. The smallest absolute Gasteiger partial charge is 0.339 e. The quantitative estimate of drug-likeness (QED) is 0.492. The van der Waals surface area contributed by atoms with E-state index in [2.05, 4.69) is 5.32 Å². The van der Waals surface area contributed by atoms with E-state index in [-0.39, 0.29) is 18.3 Å². The Morgan fingerprint density at radius 1 is 0.897 bits per heavy atom.